The molecule has 7 rings (SSSR count). The zero-order valence-corrected chi connectivity index (χ0v) is 22.8. The summed E-state index contributed by atoms with van der Waals surface area (Å²) >= 11 is 0. The first-order valence-corrected chi connectivity index (χ1v) is 14.0. The van der Waals surface area contributed by atoms with Crippen molar-refractivity contribution in [1.29, 1.82) is 0 Å². The van der Waals surface area contributed by atoms with Gasteiger partial charge in [-0.2, -0.15) is 4.98 Å². The van der Waals surface area contributed by atoms with Gasteiger partial charge < -0.3 is 20.2 Å². The highest BCUT2D eigenvalue weighted by Gasteiger charge is 2.52. The largest absolute Gasteiger partial charge is 0.386 e. The van der Waals surface area contributed by atoms with Crippen molar-refractivity contribution in [1.82, 2.24) is 29.2 Å². The number of anilines is 3. The van der Waals surface area contributed by atoms with Crippen molar-refractivity contribution in [2.24, 2.45) is 5.41 Å². The van der Waals surface area contributed by atoms with Crippen LogP contribution >= 0.6 is 0 Å². The molecule has 3 aromatic heterocycles. The Balaban J connectivity index is 1.23. The number of allylic oxidation sites excluding steroid dienone is 1. The molecule has 4 aromatic rings. The molecule has 0 amide bonds. The van der Waals surface area contributed by atoms with E-state index in [9.17, 15) is 9.90 Å². The topological polar surface area (TPSA) is 104 Å². The fourth-order valence-electron chi connectivity index (χ4n) is 6.11. The molecule has 1 atom stereocenters. The van der Waals surface area contributed by atoms with Gasteiger partial charge >= 0.3 is 0 Å². The molecule has 1 spiro atoms. The smallest absolute Gasteiger partial charge is 0.278 e. The first kappa shape index (κ1) is 25.0. The molecule has 40 heavy (non-hydrogen) atoms. The van der Waals surface area contributed by atoms with Gasteiger partial charge in [-0.1, -0.05) is 12.1 Å². The molecule has 10 heteroatoms. The van der Waals surface area contributed by atoms with Gasteiger partial charge in [0.2, 0.25) is 5.95 Å². The van der Waals surface area contributed by atoms with Crippen molar-refractivity contribution in [3.05, 3.63) is 76.9 Å². The van der Waals surface area contributed by atoms with E-state index in [4.69, 9.17) is 9.97 Å². The number of nitrogens with zero attached hydrogens (tertiary/aromatic N) is 7. The van der Waals surface area contributed by atoms with E-state index in [0.29, 0.717) is 28.5 Å². The second-order valence-electron chi connectivity index (χ2n) is 11.4. The van der Waals surface area contributed by atoms with Gasteiger partial charge in [-0.3, -0.25) is 4.79 Å². The van der Waals surface area contributed by atoms with Gasteiger partial charge in [-0.05, 0) is 68.6 Å². The Labute approximate surface area is 232 Å². The second-order valence-corrected chi connectivity index (χ2v) is 11.4. The lowest BCUT2D eigenvalue weighted by Gasteiger charge is -2.34. The summed E-state index contributed by atoms with van der Waals surface area (Å²) < 4.78 is 3.29. The number of nitrogens with one attached hydrogen (secondary N) is 1. The first-order chi connectivity index (χ1) is 19.5. The fourth-order valence-corrected chi connectivity index (χ4v) is 6.11. The average molecular weight is 539 g/mol. The third-order valence-electron chi connectivity index (χ3n) is 8.81. The second kappa shape index (κ2) is 9.57. The number of pyridine rings is 1. The van der Waals surface area contributed by atoms with E-state index in [1.165, 1.54) is 5.69 Å². The van der Waals surface area contributed by atoms with Crippen molar-refractivity contribution in [3.8, 4) is 5.82 Å². The number of aryl methyl sites for hydroxylation is 1. The molecule has 0 bridgehead atoms. The summed E-state index contributed by atoms with van der Waals surface area (Å²) in [7, 11) is 2.15. The summed E-state index contributed by atoms with van der Waals surface area (Å²) in [4.78, 5) is 32.2. The molecule has 0 radical (unpaired) electrons. The Morgan fingerprint density at radius 3 is 2.58 bits per heavy atom. The molecule has 1 unspecified atom stereocenters. The van der Waals surface area contributed by atoms with Gasteiger partial charge in [0.1, 0.15) is 11.5 Å². The van der Waals surface area contributed by atoms with Gasteiger partial charge in [-0.15, -0.1) is 6.58 Å². The summed E-state index contributed by atoms with van der Waals surface area (Å²) in [6.07, 6.45) is 6.63. The van der Waals surface area contributed by atoms with Gasteiger partial charge in [-0.25, -0.2) is 19.3 Å². The van der Waals surface area contributed by atoms with Crippen LogP contribution in [0, 0.1) is 5.41 Å². The maximum absolute atomic E-state index is 13.4. The SMILES string of the molecule is C=CCn1c(=O)c2cnc(Nc3ccc(N4CCN(C)CC4)cc3)nc2n1-c1ccc2c(n1)C(O)C1(CC2)CC1. The van der Waals surface area contributed by atoms with Crippen LogP contribution in [-0.2, 0) is 13.0 Å². The third-order valence-corrected chi connectivity index (χ3v) is 8.81. The minimum atomic E-state index is -0.585. The average Bonchev–Trinajstić information content (AvgIpc) is 3.71. The zero-order valence-electron chi connectivity index (χ0n) is 22.8. The molecule has 206 valence electrons. The number of aliphatic hydroxyl groups excluding tert-OH is 1. The third kappa shape index (κ3) is 4.18. The van der Waals surface area contributed by atoms with Gasteiger partial charge in [0.25, 0.3) is 5.56 Å². The molecular weight excluding hydrogens is 504 g/mol. The van der Waals surface area contributed by atoms with Crippen LogP contribution in [0.2, 0.25) is 0 Å². The molecule has 1 aromatic carbocycles. The molecule has 2 aliphatic carbocycles. The Morgan fingerprint density at radius 1 is 1.07 bits per heavy atom. The van der Waals surface area contributed by atoms with Gasteiger partial charge in [0, 0.05) is 49.2 Å². The number of likely N-dealkylation sites (N-methyl/N-ethyl adjacent to an activating group) is 1. The lowest BCUT2D eigenvalue weighted by Crippen LogP contribution is -2.44. The molecule has 10 nitrogen and oxygen atoms in total. The van der Waals surface area contributed by atoms with E-state index < -0.39 is 6.10 Å². The molecule has 1 aliphatic heterocycles. The number of rotatable bonds is 6. The van der Waals surface area contributed by atoms with Crippen LogP contribution in [0.5, 0.6) is 0 Å². The Hall–Kier alpha value is -4.02. The molecule has 1 saturated carbocycles. The van der Waals surface area contributed by atoms with E-state index in [1.54, 1.807) is 21.6 Å². The fraction of sp³-hybridized carbons (Fsp3) is 0.400. The summed E-state index contributed by atoms with van der Waals surface area (Å²) in [5, 5.41) is 14.8. The number of hydrogen-bond donors (Lipinski definition) is 2. The number of benzene rings is 1. The van der Waals surface area contributed by atoms with Crippen LogP contribution in [0.15, 0.2) is 60.0 Å². The van der Waals surface area contributed by atoms with Crippen LogP contribution in [-0.4, -0.2) is 67.5 Å². The number of piperazine rings is 1. The first-order valence-electron chi connectivity index (χ1n) is 14.0. The van der Waals surface area contributed by atoms with Gasteiger partial charge in [0.05, 0.1) is 12.2 Å². The van der Waals surface area contributed by atoms with Crippen molar-refractivity contribution in [2.45, 2.75) is 38.3 Å². The Bertz CT molecular complexity index is 1640. The van der Waals surface area contributed by atoms with Crippen LogP contribution in [0.3, 0.4) is 0 Å². The van der Waals surface area contributed by atoms with E-state index >= 15 is 0 Å². The highest BCUT2D eigenvalue weighted by Crippen LogP contribution is 2.60. The minimum Gasteiger partial charge on any atom is -0.386 e. The Kier molecular flexibility index (Phi) is 5.97. The maximum Gasteiger partial charge on any atom is 0.278 e. The number of hydrogen-bond acceptors (Lipinski definition) is 8. The maximum atomic E-state index is 13.4. The van der Waals surface area contributed by atoms with E-state index in [0.717, 1.165) is 63.1 Å². The van der Waals surface area contributed by atoms with E-state index in [-0.39, 0.29) is 17.5 Å². The van der Waals surface area contributed by atoms with Crippen LogP contribution in [0.1, 0.15) is 36.6 Å². The standard InChI is InChI=1S/C30H34N8O2/c1-3-14-37-28(40)23-19-31-29(32-21-5-7-22(8-6-21)36-17-15-35(2)16-18-36)34-27(23)38(37)24-9-4-20-10-11-30(12-13-30)26(39)25(20)33-24/h3-9,19,26,39H,1,10-18H2,2H3,(H,31,32,34). The minimum absolute atomic E-state index is 0.0304. The monoisotopic (exact) mass is 538 g/mol. The predicted molar refractivity (Wildman–Crippen MR) is 155 cm³/mol. The molecule has 1 saturated heterocycles. The van der Waals surface area contributed by atoms with E-state index in [2.05, 4.69) is 45.9 Å². The highest BCUT2D eigenvalue weighted by atomic mass is 16.3. The number of aliphatic hydroxyl groups is 1. The number of aromatic nitrogens is 5. The molecule has 4 heterocycles. The molecule has 2 fully saturated rings. The van der Waals surface area contributed by atoms with Gasteiger partial charge in [0.15, 0.2) is 11.5 Å². The predicted octanol–water partition coefficient (Wildman–Crippen LogP) is 3.42. The molecular formula is C30H34N8O2. The normalized spacial score (nSPS) is 20.1. The summed E-state index contributed by atoms with van der Waals surface area (Å²) in [6, 6.07) is 12.2. The van der Waals surface area contributed by atoms with Crippen LogP contribution in [0.4, 0.5) is 17.3 Å². The summed E-state index contributed by atoms with van der Waals surface area (Å²) in [5.74, 6) is 0.935. The lowest BCUT2D eigenvalue weighted by atomic mass is 9.82. The Morgan fingerprint density at radius 2 is 1.85 bits per heavy atom. The number of fused-ring (bicyclic) bond motifs is 2. The molecule has 3 aliphatic rings. The van der Waals surface area contributed by atoms with Crippen molar-refractivity contribution in [2.75, 3.05) is 43.4 Å². The van der Waals surface area contributed by atoms with Crippen molar-refractivity contribution >= 4 is 28.4 Å². The quantitative estimate of drug-likeness (QED) is 0.360. The summed E-state index contributed by atoms with van der Waals surface area (Å²) in [6.45, 7) is 8.26. The zero-order chi connectivity index (χ0) is 27.4. The highest BCUT2D eigenvalue weighted by molar-refractivity contribution is 5.77. The summed E-state index contributed by atoms with van der Waals surface area (Å²) in [5.41, 5.74) is 4.06. The van der Waals surface area contributed by atoms with Crippen LogP contribution < -0.4 is 15.8 Å². The molecule has 2 N–H and O–H groups in total. The lowest BCUT2D eigenvalue weighted by molar-refractivity contribution is 0.0734. The van der Waals surface area contributed by atoms with Crippen molar-refractivity contribution in [3.63, 3.8) is 0 Å². The van der Waals surface area contributed by atoms with Crippen LogP contribution in [0.25, 0.3) is 16.9 Å². The van der Waals surface area contributed by atoms with Crippen molar-refractivity contribution < 1.29 is 5.11 Å². The van der Waals surface area contributed by atoms with E-state index in [1.807, 2.05) is 24.3 Å².